The largest absolute Gasteiger partial charge is 0.463 e. The van der Waals surface area contributed by atoms with Gasteiger partial charge in [0.2, 0.25) is 0 Å². The zero-order chi connectivity index (χ0) is 57.3. The van der Waals surface area contributed by atoms with Crippen molar-refractivity contribution in [2.45, 2.75) is 34.6 Å². The van der Waals surface area contributed by atoms with Crippen LogP contribution in [-0.4, -0.2) is 49.3 Å². The number of carbonyl (C=O) groups is 6. The van der Waals surface area contributed by atoms with E-state index in [-0.39, 0.29) is 24.9 Å². The number of hydrogen-bond donors (Lipinski definition) is 0. The van der Waals surface area contributed by atoms with E-state index in [2.05, 4.69) is 9.80 Å². The average molecular weight is 1110 g/mol. The molecular weight excluding hydrogens is 1040 g/mol. The van der Waals surface area contributed by atoms with E-state index in [0.29, 0.717) is 30.8 Å². The van der Waals surface area contributed by atoms with Crippen LogP contribution in [0.4, 0.5) is 34.1 Å². The fraction of sp³-hybridized carbons (Fsp3) is 0.0986. The number of ether oxygens (including phenoxy) is 2. The Kier molecular flexibility index (Phi) is 22.8. The monoisotopic (exact) mass is 1110 g/mol. The summed E-state index contributed by atoms with van der Waals surface area (Å²) in [5.41, 5.74) is 8.93. The molecule has 0 saturated carbocycles. The SMILES string of the molecule is C.CCC(=O)P(C=O)(c1ccccc1)(c1ccccc1)c1ccccc1.CCOC(=O)/C=C/c1ccc(N(c2ccccc2)c2ccc(/C=C/C(=O)OCC)cc2)cc1.O=Cc1ccc(N(c2ccccc2)c2ccc(C=O)cc2)cc1. The molecule has 9 rings (SSSR count). The van der Waals surface area contributed by atoms with Crippen molar-refractivity contribution in [1.82, 2.24) is 0 Å². The van der Waals surface area contributed by atoms with Crippen molar-refractivity contribution in [1.29, 1.82) is 0 Å². The van der Waals surface area contributed by atoms with Gasteiger partial charge in [-0.05, 0) is 134 Å². The molecule has 0 radical (unpaired) electrons. The molecule has 0 spiro atoms. The summed E-state index contributed by atoms with van der Waals surface area (Å²) in [5.74, 6) is -0.714. The van der Waals surface area contributed by atoms with E-state index in [1.165, 1.54) is 12.2 Å². The molecule has 0 aliphatic heterocycles. The normalized spacial score (nSPS) is 11.1. The molecule has 0 fully saturated rings. The van der Waals surface area contributed by atoms with E-state index in [9.17, 15) is 28.8 Å². The number of nitrogens with zero attached hydrogens (tertiary/aromatic N) is 2. The fourth-order valence-corrected chi connectivity index (χ4v) is 14.6. The van der Waals surface area contributed by atoms with Crippen LogP contribution in [-0.2, 0) is 28.7 Å². The predicted octanol–water partition coefficient (Wildman–Crippen LogP) is 15.4. The molecule has 0 amide bonds. The van der Waals surface area contributed by atoms with Crippen LogP contribution in [0.3, 0.4) is 0 Å². The van der Waals surface area contributed by atoms with Crippen LogP contribution in [0.1, 0.15) is 66.5 Å². The zero-order valence-electron chi connectivity index (χ0n) is 45.4. The van der Waals surface area contributed by atoms with E-state index < -0.39 is 6.60 Å². The van der Waals surface area contributed by atoms with Gasteiger partial charge in [-0.1, -0.05) is 68.1 Å². The molecular formula is C71H67N2O8P. The van der Waals surface area contributed by atoms with E-state index in [4.69, 9.17) is 9.47 Å². The topological polar surface area (TPSA) is 127 Å². The van der Waals surface area contributed by atoms with Crippen molar-refractivity contribution in [2.24, 2.45) is 0 Å². The standard InChI is InChI=1S/C28H27NO4.C22H21O2P.C20H15NO2.CH4/c1-3-32-27(30)20-14-22-10-16-25(17-11-22)29(24-8-6-5-7-9-24)26-18-12-23(13-19-26)15-21-28(31)33-4-2;1-2-22(24)25(18-23,19-12-6-3-7-13-19,20-14-8-4-9-15-20)21-16-10-5-11-17-21;22-14-16-6-10-19(11-7-16)21(18-4-2-1-3-5-18)20-12-8-17(15-23)9-13-20;/h5-21H,3-4H2,1-2H3;3-18H,2H2,1H3;1-15H;1H4/b20-14+,21-15+;;;. The number of carbonyl (C=O) groups excluding carboxylic acids is 6. The maximum Gasteiger partial charge on any atom is 0.330 e. The summed E-state index contributed by atoms with van der Waals surface area (Å²) in [4.78, 5) is 75.6. The molecule has 0 atom stereocenters. The second-order valence-electron chi connectivity index (χ2n) is 18.2. The Labute approximate surface area is 481 Å². The fourth-order valence-electron chi connectivity index (χ4n) is 9.29. The summed E-state index contributed by atoms with van der Waals surface area (Å²) in [5, 5.41) is 2.40. The molecule has 11 heteroatoms. The number of aldehydes is 2. The van der Waals surface area contributed by atoms with Crippen molar-refractivity contribution in [3.8, 4) is 0 Å². The van der Waals surface area contributed by atoms with Gasteiger partial charge in [0, 0.05) is 57.4 Å². The van der Waals surface area contributed by atoms with Crippen LogP contribution in [0.15, 0.2) is 261 Å². The van der Waals surface area contributed by atoms with Crippen LogP contribution in [0.25, 0.3) is 12.2 Å². The number of anilines is 6. The maximum atomic E-state index is 13.6. The Morgan fingerprint density at radius 2 is 0.622 bits per heavy atom. The third kappa shape index (κ3) is 14.5. The Bertz CT molecular complexity index is 3300. The number of esters is 2. The molecule has 0 aliphatic carbocycles. The summed E-state index contributed by atoms with van der Waals surface area (Å²) >= 11 is 0. The van der Waals surface area contributed by atoms with E-state index >= 15 is 0 Å². The molecule has 0 bridgehead atoms. The van der Waals surface area contributed by atoms with Gasteiger partial charge in [0.25, 0.3) is 0 Å². The number of rotatable bonds is 20. The molecule has 414 valence electrons. The number of para-hydroxylation sites is 2. The first-order chi connectivity index (χ1) is 39.6. The first-order valence-electron chi connectivity index (χ1n) is 26.5. The summed E-state index contributed by atoms with van der Waals surface area (Å²) in [6.07, 6.45) is 8.28. The minimum Gasteiger partial charge on any atom is -0.463 e. The molecule has 0 heterocycles. The van der Waals surface area contributed by atoms with E-state index in [1.807, 2.05) is 231 Å². The van der Waals surface area contributed by atoms with Crippen molar-refractivity contribution < 1.29 is 38.2 Å². The van der Waals surface area contributed by atoms with Gasteiger partial charge in [0.1, 0.15) is 12.6 Å². The van der Waals surface area contributed by atoms with Gasteiger partial charge >= 0.3 is 160 Å². The van der Waals surface area contributed by atoms with Crippen molar-refractivity contribution in [3.63, 3.8) is 0 Å². The Morgan fingerprint density at radius 3 is 0.866 bits per heavy atom. The molecule has 10 nitrogen and oxygen atoms in total. The first-order valence-corrected chi connectivity index (χ1v) is 28.8. The van der Waals surface area contributed by atoms with Crippen molar-refractivity contribution in [3.05, 3.63) is 283 Å². The molecule has 0 aliphatic rings. The Balaban J connectivity index is 0.000000200. The smallest absolute Gasteiger partial charge is 0.330 e. The van der Waals surface area contributed by atoms with Gasteiger partial charge in [-0.25, -0.2) is 9.59 Å². The third-order valence-corrected chi connectivity index (χ3v) is 19.1. The summed E-state index contributed by atoms with van der Waals surface area (Å²) < 4.78 is 9.86. The van der Waals surface area contributed by atoms with Crippen LogP contribution < -0.4 is 25.7 Å². The van der Waals surface area contributed by atoms with Gasteiger partial charge in [-0.3, -0.25) is 9.59 Å². The van der Waals surface area contributed by atoms with Crippen LogP contribution in [0.5, 0.6) is 0 Å². The van der Waals surface area contributed by atoms with Crippen molar-refractivity contribution in [2.75, 3.05) is 23.0 Å². The predicted molar refractivity (Wildman–Crippen MR) is 338 cm³/mol. The average Bonchev–Trinajstić information content (AvgIpc) is 2.35. The van der Waals surface area contributed by atoms with Crippen molar-refractivity contribution >= 4 is 105 Å². The summed E-state index contributed by atoms with van der Waals surface area (Å²) in [6, 6.07) is 80.2. The molecule has 0 saturated heterocycles. The van der Waals surface area contributed by atoms with E-state index in [0.717, 1.165) is 79.8 Å². The van der Waals surface area contributed by atoms with Crippen LogP contribution >= 0.6 is 6.60 Å². The molecule has 0 aromatic heterocycles. The van der Waals surface area contributed by atoms with E-state index in [1.54, 1.807) is 50.3 Å². The summed E-state index contributed by atoms with van der Waals surface area (Å²) in [6.45, 7) is 2.22. The second-order valence-corrected chi connectivity index (χ2v) is 22.8. The quantitative estimate of drug-likeness (QED) is 0.0315. The van der Waals surface area contributed by atoms with Crippen LogP contribution in [0.2, 0.25) is 0 Å². The van der Waals surface area contributed by atoms with Gasteiger partial charge in [-0.2, -0.15) is 0 Å². The second kappa shape index (κ2) is 30.5. The third-order valence-electron chi connectivity index (χ3n) is 13.2. The van der Waals surface area contributed by atoms with Gasteiger partial charge in [-0.15, -0.1) is 0 Å². The number of hydrogen-bond acceptors (Lipinski definition) is 10. The molecule has 0 unspecified atom stereocenters. The maximum absolute atomic E-state index is 13.6. The van der Waals surface area contributed by atoms with Crippen LogP contribution in [0, 0.1) is 0 Å². The van der Waals surface area contributed by atoms with Gasteiger partial charge < -0.3 is 19.3 Å². The minimum atomic E-state index is -3.88. The van der Waals surface area contributed by atoms with Gasteiger partial charge in [0.15, 0.2) is 0 Å². The molecule has 9 aromatic carbocycles. The Hall–Kier alpha value is -9.89. The number of benzene rings is 9. The molecule has 82 heavy (non-hydrogen) atoms. The molecule has 0 N–H and O–H groups in total. The zero-order valence-corrected chi connectivity index (χ0v) is 46.3. The molecule has 9 aromatic rings. The summed E-state index contributed by atoms with van der Waals surface area (Å²) in [7, 11) is 0. The van der Waals surface area contributed by atoms with Gasteiger partial charge in [0.05, 0.1) is 13.2 Å². The minimum absolute atomic E-state index is 0. The Morgan fingerprint density at radius 1 is 0.366 bits per heavy atom. The first kappa shape index (κ1) is 61.3.